The van der Waals surface area contributed by atoms with Gasteiger partial charge in [-0.05, 0) is 90.5 Å². The molecule has 2 nitrogen and oxygen atoms in total. The molecule has 5 atom stereocenters. The molecule has 6 aliphatic carbocycles. The molecule has 2 heteroatoms. The monoisotopic (exact) mass is 516 g/mol. The highest BCUT2D eigenvalue weighted by Crippen LogP contribution is 2.62. The molecular weight excluding hydrogens is 484 g/mol. The molecule has 0 amide bonds. The van der Waals surface area contributed by atoms with E-state index in [0.717, 1.165) is 6.42 Å². The van der Waals surface area contributed by atoms with Crippen molar-refractivity contribution in [3.63, 3.8) is 0 Å². The van der Waals surface area contributed by atoms with Crippen molar-refractivity contribution in [2.45, 2.75) is 38.1 Å². The Morgan fingerprint density at radius 1 is 0.625 bits per heavy atom. The zero-order valence-electron chi connectivity index (χ0n) is 22.6. The quantitative estimate of drug-likeness (QED) is 0.338. The predicted molar refractivity (Wildman–Crippen MR) is 164 cm³/mol. The number of rotatable bonds is 3. The first-order chi connectivity index (χ1) is 19.9. The molecule has 2 aromatic carbocycles. The van der Waals surface area contributed by atoms with Crippen molar-refractivity contribution in [2.24, 2.45) is 23.7 Å². The van der Waals surface area contributed by atoms with Crippen molar-refractivity contribution < 1.29 is 0 Å². The molecular formula is C38H32N2. The minimum Gasteiger partial charge on any atom is -0.340 e. The predicted octanol–water partition coefficient (Wildman–Crippen LogP) is 8.85. The normalized spacial score (nSPS) is 31.1. The fraction of sp³-hybridized carbons (Fsp3) is 0.263. The van der Waals surface area contributed by atoms with E-state index in [9.17, 15) is 0 Å². The van der Waals surface area contributed by atoms with E-state index in [2.05, 4.69) is 113 Å². The summed E-state index contributed by atoms with van der Waals surface area (Å²) in [6.07, 6.45) is 27.8. The molecule has 10 rings (SSSR count). The van der Waals surface area contributed by atoms with Crippen LogP contribution in [0.15, 0.2) is 137 Å². The Bertz CT molecular complexity index is 1860. The maximum Gasteiger partial charge on any atom is 0.0626 e. The number of hydrogen-bond acceptors (Lipinski definition) is 1. The summed E-state index contributed by atoms with van der Waals surface area (Å²) in [6.45, 7) is 0. The van der Waals surface area contributed by atoms with Crippen molar-refractivity contribution in [3.8, 4) is 0 Å². The number of allylic oxidation sites excluding steroid dienone is 13. The van der Waals surface area contributed by atoms with Crippen molar-refractivity contribution in [3.05, 3.63) is 137 Å². The summed E-state index contributed by atoms with van der Waals surface area (Å²) in [7, 11) is 0. The fourth-order valence-electron chi connectivity index (χ4n) is 8.72. The van der Waals surface area contributed by atoms with Crippen LogP contribution in [0.1, 0.15) is 32.1 Å². The molecule has 3 aromatic rings. The maximum absolute atomic E-state index is 2.77. The molecule has 1 aliphatic heterocycles. The van der Waals surface area contributed by atoms with E-state index in [1.54, 1.807) is 28.1 Å². The van der Waals surface area contributed by atoms with Crippen LogP contribution < -0.4 is 0 Å². The number of benzene rings is 2. The molecule has 0 radical (unpaired) electrons. The molecule has 1 aromatic heterocycles. The van der Waals surface area contributed by atoms with Crippen LogP contribution in [-0.4, -0.2) is 15.5 Å². The van der Waals surface area contributed by atoms with Crippen LogP contribution in [0.2, 0.25) is 0 Å². The Hall–Kier alpha value is -4.04. The zero-order valence-corrected chi connectivity index (χ0v) is 22.6. The average Bonchev–Trinajstić information content (AvgIpc) is 3.93. The molecule has 2 heterocycles. The van der Waals surface area contributed by atoms with Crippen molar-refractivity contribution in [2.75, 3.05) is 0 Å². The van der Waals surface area contributed by atoms with E-state index in [1.165, 1.54) is 58.8 Å². The second kappa shape index (κ2) is 7.79. The minimum atomic E-state index is 0.499. The first-order valence-corrected chi connectivity index (χ1v) is 15.3. The lowest BCUT2D eigenvalue weighted by molar-refractivity contribution is 0.341. The van der Waals surface area contributed by atoms with Crippen LogP contribution in [-0.2, 0) is 0 Å². The SMILES string of the molecule is C1=CCC2C(=C1)C1=C(CCC=C1)N2C1=CC=C(C2=CC=C(n3c4ccccc4c4ccccc43)C3C[C@H]23)C2C[C@H]12. The van der Waals surface area contributed by atoms with E-state index in [1.807, 2.05) is 0 Å². The first kappa shape index (κ1) is 21.7. The average molecular weight is 517 g/mol. The van der Waals surface area contributed by atoms with E-state index < -0.39 is 0 Å². The maximum atomic E-state index is 2.77. The summed E-state index contributed by atoms with van der Waals surface area (Å²) >= 11 is 0. The first-order valence-electron chi connectivity index (χ1n) is 15.3. The number of fused-ring (bicyclic) bond motifs is 7. The van der Waals surface area contributed by atoms with Gasteiger partial charge in [0.1, 0.15) is 0 Å². The highest BCUT2D eigenvalue weighted by molar-refractivity contribution is 6.10. The third-order valence-electron chi connectivity index (χ3n) is 10.6. The summed E-state index contributed by atoms with van der Waals surface area (Å²) < 4.78 is 2.55. The molecule has 0 saturated heterocycles. The number of nitrogens with zero attached hydrogens (tertiary/aromatic N) is 2. The van der Waals surface area contributed by atoms with Gasteiger partial charge >= 0.3 is 0 Å². The second-order valence-corrected chi connectivity index (χ2v) is 12.7. The van der Waals surface area contributed by atoms with Crippen LogP contribution in [0.3, 0.4) is 0 Å². The van der Waals surface area contributed by atoms with Gasteiger partial charge in [-0.1, -0.05) is 78.9 Å². The van der Waals surface area contributed by atoms with E-state index in [4.69, 9.17) is 0 Å². The van der Waals surface area contributed by atoms with E-state index >= 15 is 0 Å². The van der Waals surface area contributed by atoms with Crippen molar-refractivity contribution in [1.29, 1.82) is 0 Å². The van der Waals surface area contributed by atoms with E-state index in [0.29, 0.717) is 29.7 Å². The van der Waals surface area contributed by atoms with Crippen LogP contribution in [0.5, 0.6) is 0 Å². The molecule has 0 spiro atoms. The van der Waals surface area contributed by atoms with Crippen molar-refractivity contribution >= 4 is 27.5 Å². The third kappa shape index (κ3) is 2.84. The van der Waals surface area contributed by atoms with Crippen LogP contribution in [0.4, 0.5) is 0 Å². The van der Waals surface area contributed by atoms with Crippen LogP contribution in [0.25, 0.3) is 27.5 Å². The molecule has 194 valence electrons. The van der Waals surface area contributed by atoms with Gasteiger partial charge in [0.05, 0.1) is 17.1 Å². The topological polar surface area (TPSA) is 8.17 Å². The number of hydrogen-bond donors (Lipinski definition) is 0. The summed E-state index contributed by atoms with van der Waals surface area (Å²) in [5.74, 6) is 2.69. The zero-order chi connectivity index (χ0) is 25.9. The Morgan fingerprint density at radius 2 is 1.30 bits per heavy atom. The van der Waals surface area contributed by atoms with Crippen molar-refractivity contribution in [1.82, 2.24) is 9.47 Å². The fourth-order valence-corrected chi connectivity index (χ4v) is 8.72. The lowest BCUT2D eigenvalue weighted by Gasteiger charge is -2.34. The number of para-hydroxylation sites is 2. The number of aromatic nitrogens is 1. The molecule has 0 N–H and O–H groups in total. The molecule has 2 saturated carbocycles. The molecule has 40 heavy (non-hydrogen) atoms. The van der Waals surface area contributed by atoms with E-state index in [-0.39, 0.29) is 0 Å². The van der Waals surface area contributed by atoms with Gasteiger partial charge in [0.25, 0.3) is 0 Å². The van der Waals surface area contributed by atoms with Gasteiger partial charge in [-0.15, -0.1) is 0 Å². The lowest BCUT2D eigenvalue weighted by atomic mass is 9.88. The standard InChI is InChI=1S/C38H32N2/c1-5-13-33-25(9-1)26-10-2-6-14-34(26)39(33)37-19-17-23(29-21-31(29)37)24-18-20-38(32-22-30(24)32)40-35-15-7-3-11-27(35)28-12-4-8-16-36(28)40/h1-7,9-14,17-20,29-32,35H,8,15-16,21-22H2/t29-,30?,31?,32+,35?/m1/s1. The molecule has 2 fully saturated rings. The van der Waals surface area contributed by atoms with Gasteiger partial charge in [-0.3, -0.25) is 0 Å². The highest BCUT2D eigenvalue weighted by Gasteiger charge is 2.53. The van der Waals surface area contributed by atoms with Crippen LogP contribution in [0, 0.1) is 23.7 Å². The van der Waals surface area contributed by atoms with Gasteiger partial charge in [-0.2, -0.15) is 0 Å². The smallest absolute Gasteiger partial charge is 0.0626 e. The summed E-state index contributed by atoms with van der Waals surface area (Å²) in [5, 5.41) is 2.72. The van der Waals surface area contributed by atoms with Gasteiger partial charge in [0.2, 0.25) is 0 Å². The lowest BCUT2D eigenvalue weighted by Crippen LogP contribution is -2.32. The largest absolute Gasteiger partial charge is 0.340 e. The second-order valence-electron chi connectivity index (χ2n) is 12.7. The molecule has 0 bridgehead atoms. The molecule has 3 unspecified atom stereocenters. The Labute approximate surface area is 235 Å². The van der Waals surface area contributed by atoms with Gasteiger partial charge in [0, 0.05) is 39.7 Å². The van der Waals surface area contributed by atoms with Gasteiger partial charge in [-0.25, -0.2) is 0 Å². The highest BCUT2D eigenvalue weighted by atomic mass is 15.2. The Kier molecular flexibility index (Phi) is 4.23. The third-order valence-corrected chi connectivity index (χ3v) is 10.6. The molecule has 7 aliphatic rings. The minimum absolute atomic E-state index is 0.499. The summed E-state index contributed by atoms with van der Waals surface area (Å²) in [4.78, 5) is 2.77. The Morgan fingerprint density at radius 3 is 2.05 bits per heavy atom. The Balaban J connectivity index is 1.04. The summed E-state index contributed by atoms with van der Waals surface area (Å²) in [5.41, 5.74) is 13.6. The summed E-state index contributed by atoms with van der Waals surface area (Å²) in [6, 6.07) is 18.3. The van der Waals surface area contributed by atoms with Gasteiger partial charge < -0.3 is 9.47 Å². The van der Waals surface area contributed by atoms with Gasteiger partial charge in [0.15, 0.2) is 0 Å². The van der Waals surface area contributed by atoms with Crippen LogP contribution >= 0.6 is 0 Å².